The zero-order valence-electron chi connectivity index (χ0n) is 11.3. The second-order valence-corrected chi connectivity index (χ2v) is 3.47. The molecule has 0 saturated heterocycles. The molecule has 6 nitrogen and oxygen atoms in total. The third-order valence-corrected chi connectivity index (χ3v) is 1.67. The lowest BCUT2D eigenvalue weighted by molar-refractivity contribution is -0.134. The number of hydrogen-bond donors (Lipinski definition) is 4. The maximum atomic E-state index is 10.9. The molecule has 1 rings (SSSR count). The lowest BCUT2D eigenvalue weighted by atomic mass is 10.1. The number of rotatable bonds is 4. The highest BCUT2D eigenvalue weighted by molar-refractivity contribution is 6.04. The molecule has 0 saturated carbocycles. The van der Waals surface area contributed by atoms with Crippen molar-refractivity contribution in [3.63, 3.8) is 0 Å². The summed E-state index contributed by atoms with van der Waals surface area (Å²) in [7, 11) is 0. The van der Waals surface area contributed by atoms with Gasteiger partial charge in [0.1, 0.15) is 6.10 Å². The molecule has 0 atom stereocenters. The van der Waals surface area contributed by atoms with Crippen LogP contribution in [0.5, 0.6) is 0 Å². The first kappa shape index (κ1) is 20.3. The van der Waals surface area contributed by atoms with Gasteiger partial charge in [-0.3, -0.25) is 9.59 Å². The quantitative estimate of drug-likeness (QED) is 0.472. The summed E-state index contributed by atoms with van der Waals surface area (Å²) in [6.45, 7) is 3.74. The molecule has 20 heavy (non-hydrogen) atoms. The molecule has 1 aromatic rings. The maximum Gasteiger partial charge on any atom is 0.300 e. The fraction of sp³-hybridized carbons (Fsp3) is 0.286. The van der Waals surface area contributed by atoms with Gasteiger partial charge < -0.3 is 20.4 Å². The first-order valence-corrected chi connectivity index (χ1v) is 5.70. The summed E-state index contributed by atoms with van der Waals surface area (Å²) in [5, 5.41) is 31.4. The highest BCUT2D eigenvalue weighted by atomic mass is 16.4. The molecule has 112 valence electrons. The van der Waals surface area contributed by atoms with Crippen LogP contribution in [0.15, 0.2) is 43.0 Å². The summed E-state index contributed by atoms with van der Waals surface area (Å²) in [6, 6.07) is 9.07. The Morgan fingerprint density at radius 2 is 1.60 bits per heavy atom. The summed E-state index contributed by atoms with van der Waals surface area (Å²) in [6.07, 6.45) is 0.361. The fourth-order valence-corrected chi connectivity index (χ4v) is 0.778. The van der Waals surface area contributed by atoms with Crippen LogP contribution in [0.4, 0.5) is 0 Å². The maximum absolute atomic E-state index is 10.9. The number of aliphatic hydroxyl groups is 3. The minimum atomic E-state index is -0.954. The Bertz CT molecular complexity index is 380. The van der Waals surface area contributed by atoms with E-state index in [4.69, 9.17) is 25.2 Å². The van der Waals surface area contributed by atoms with Gasteiger partial charge in [0, 0.05) is 12.5 Å². The van der Waals surface area contributed by atoms with Crippen molar-refractivity contribution in [3.05, 3.63) is 48.6 Å². The van der Waals surface area contributed by atoms with Crippen molar-refractivity contribution in [2.75, 3.05) is 13.2 Å². The normalized spacial score (nSPS) is 8.65. The zero-order chi connectivity index (χ0) is 16.0. The van der Waals surface area contributed by atoms with E-state index in [9.17, 15) is 4.79 Å². The minimum Gasteiger partial charge on any atom is -0.481 e. The number of carbonyl (C=O) groups excluding carboxylic acids is 1. The van der Waals surface area contributed by atoms with Gasteiger partial charge in [0.05, 0.1) is 13.2 Å². The predicted molar refractivity (Wildman–Crippen MR) is 74.5 cm³/mol. The number of ketones is 1. The van der Waals surface area contributed by atoms with Gasteiger partial charge in [0.25, 0.3) is 5.97 Å². The Morgan fingerprint density at radius 3 is 1.85 bits per heavy atom. The predicted octanol–water partition coefficient (Wildman–Crippen LogP) is 0.478. The number of carboxylic acids is 1. The third kappa shape index (κ3) is 14.0. The fourth-order valence-electron chi connectivity index (χ4n) is 0.778. The molecule has 0 aliphatic rings. The molecule has 0 aromatic heterocycles. The molecule has 1 aromatic carbocycles. The molecule has 0 spiro atoms. The molecular formula is C14H20O6. The standard InChI is InChI=1S/C9H8O.C3H8O3.C2H4O2/c1-2-9(10)8-6-4-3-5-7-8;4-1-3(6)2-5;1-2(3)4/h2-7H,1H2;3-6H,1-2H2;1H3,(H,3,4). The van der Waals surface area contributed by atoms with Crippen molar-refractivity contribution in [1.82, 2.24) is 0 Å². The lowest BCUT2D eigenvalue weighted by Gasteiger charge is -1.96. The third-order valence-electron chi connectivity index (χ3n) is 1.67. The van der Waals surface area contributed by atoms with Crippen LogP contribution in [0.25, 0.3) is 0 Å². The number of allylic oxidation sites excluding steroid dienone is 1. The van der Waals surface area contributed by atoms with Gasteiger partial charge in [0.2, 0.25) is 0 Å². The molecular weight excluding hydrogens is 264 g/mol. The van der Waals surface area contributed by atoms with Crippen LogP contribution in [-0.2, 0) is 4.79 Å². The minimum absolute atomic E-state index is 0.0272. The number of aliphatic carboxylic acids is 1. The van der Waals surface area contributed by atoms with Crippen LogP contribution in [0, 0.1) is 0 Å². The Morgan fingerprint density at radius 1 is 1.20 bits per heavy atom. The molecule has 0 fully saturated rings. The molecule has 0 radical (unpaired) electrons. The molecule has 4 N–H and O–H groups in total. The topological polar surface area (TPSA) is 115 Å². The van der Waals surface area contributed by atoms with Gasteiger partial charge >= 0.3 is 0 Å². The van der Waals surface area contributed by atoms with Crippen LogP contribution in [0.2, 0.25) is 0 Å². The van der Waals surface area contributed by atoms with Gasteiger partial charge in [-0.25, -0.2) is 0 Å². The second kappa shape index (κ2) is 13.4. The average molecular weight is 284 g/mol. The average Bonchev–Trinajstić information content (AvgIpc) is 2.46. The lowest BCUT2D eigenvalue weighted by Crippen LogP contribution is -2.15. The van der Waals surface area contributed by atoms with E-state index >= 15 is 0 Å². The van der Waals surface area contributed by atoms with Crippen LogP contribution in [-0.4, -0.2) is 51.5 Å². The number of carbonyl (C=O) groups is 2. The van der Waals surface area contributed by atoms with Crippen LogP contribution in [0.3, 0.4) is 0 Å². The van der Waals surface area contributed by atoms with E-state index in [0.29, 0.717) is 5.56 Å². The second-order valence-electron chi connectivity index (χ2n) is 3.47. The first-order valence-electron chi connectivity index (χ1n) is 5.70. The van der Waals surface area contributed by atoms with Gasteiger partial charge in [-0.15, -0.1) is 0 Å². The highest BCUT2D eigenvalue weighted by Gasteiger charge is 1.96. The zero-order valence-corrected chi connectivity index (χ0v) is 11.3. The number of hydrogen-bond acceptors (Lipinski definition) is 5. The van der Waals surface area contributed by atoms with Crippen LogP contribution in [0.1, 0.15) is 17.3 Å². The molecule has 0 amide bonds. The van der Waals surface area contributed by atoms with E-state index in [1.165, 1.54) is 6.08 Å². The summed E-state index contributed by atoms with van der Waals surface area (Å²) < 4.78 is 0. The summed E-state index contributed by atoms with van der Waals surface area (Å²) >= 11 is 0. The van der Waals surface area contributed by atoms with Crippen LogP contribution >= 0.6 is 0 Å². The van der Waals surface area contributed by atoms with Crippen molar-refractivity contribution < 1.29 is 30.0 Å². The van der Waals surface area contributed by atoms with E-state index in [1.54, 1.807) is 12.1 Å². The summed E-state index contributed by atoms with van der Waals surface area (Å²) in [5.74, 6) is -0.861. The van der Waals surface area contributed by atoms with Crippen molar-refractivity contribution >= 4 is 11.8 Å². The van der Waals surface area contributed by atoms with E-state index in [1.807, 2.05) is 18.2 Å². The molecule has 0 heterocycles. The van der Waals surface area contributed by atoms with Crippen molar-refractivity contribution in [2.24, 2.45) is 0 Å². The SMILES string of the molecule is C=CC(=O)c1ccccc1.CC(=O)O.OCC(O)CO. The molecule has 0 unspecified atom stereocenters. The first-order chi connectivity index (χ1) is 9.38. The monoisotopic (exact) mass is 284 g/mol. The van der Waals surface area contributed by atoms with Crippen molar-refractivity contribution in [2.45, 2.75) is 13.0 Å². The van der Waals surface area contributed by atoms with Gasteiger partial charge in [-0.05, 0) is 6.08 Å². The Labute approximate surface area is 117 Å². The van der Waals surface area contributed by atoms with Gasteiger partial charge in [-0.2, -0.15) is 0 Å². The Balaban J connectivity index is 0. The van der Waals surface area contributed by atoms with Crippen LogP contribution < -0.4 is 0 Å². The molecule has 0 bridgehead atoms. The number of benzene rings is 1. The summed E-state index contributed by atoms with van der Waals surface area (Å²) in [4.78, 5) is 19.9. The molecule has 0 aliphatic heterocycles. The van der Waals surface area contributed by atoms with Gasteiger partial charge in [0.15, 0.2) is 5.78 Å². The number of aliphatic hydroxyl groups excluding tert-OH is 3. The Kier molecular flexibility index (Phi) is 13.6. The largest absolute Gasteiger partial charge is 0.481 e. The number of carboxylic acid groups (broad SMARTS) is 1. The van der Waals surface area contributed by atoms with E-state index in [-0.39, 0.29) is 19.0 Å². The van der Waals surface area contributed by atoms with E-state index in [2.05, 4.69) is 6.58 Å². The molecule has 6 heteroatoms. The van der Waals surface area contributed by atoms with E-state index < -0.39 is 12.1 Å². The van der Waals surface area contributed by atoms with Crippen molar-refractivity contribution in [3.8, 4) is 0 Å². The van der Waals surface area contributed by atoms with Gasteiger partial charge in [-0.1, -0.05) is 36.9 Å². The smallest absolute Gasteiger partial charge is 0.300 e. The Hall–Kier alpha value is -2.02. The van der Waals surface area contributed by atoms with E-state index in [0.717, 1.165) is 6.92 Å². The highest BCUT2D eigenvalue weighted by Crippen LogP contribution is 1.99. The molecule has 0 aliphatic carbocycles. The summed E-state index contributed by atoms with van der Waals surface area (Å²) in [5.41, 5.74) is 0.692. The van der Waals surface area contributed by atoms with Crippen molar-refractivity contribution in [1.29, 1.82) is 0 Å².